The highest BCUT2D eigenvalue weighted by Crippen LogP contribution is 1.67. The third-order valence-electron chi connectivity index (χ3n) is 1.08. The van der Waals surface area contributed by atoms with Crippen molar-refractivity contribution >= 4 is 11.9 Å². The molecule has 6 heteroatoms. The molecule has 0 saturated carbocycles. The Morgan fingerprint density at radius 3 is 1.12 bits per heavy atom. The second-order valence-electron chi connectivity index (χ2n) is 2.39. The number of hydrogen-bond donors (Lipinski definition) is 2. The molecular weight excluding hydrogens is 224 g/mol. The summed E-state index contributed by atoms with van der Waals surface area (Å²) in [7, 11) is 0. The first-order valence-corrected chi connectivity index (χ1v) is 4.68. The maximum absolute atomic E-state index is 9.37. The van der Waals surface area contributed by atoms with E-state index in [2.05, 4.69) is 9.97 Å². The van der Waals surface area contributed by atoms with Gasteiger partial charge in [-0.15, -0.1) is 0 Å². The minimum atomic E-state index is -0.745. The van der Waals surface area contributed by atoms with Gasteiger partial charge in [0, 0.05) is 37.6 Å². The van der Waals surface area contributed by atoms with Crippen molar-refractivity contribution in [1.82, 2.24) is 9.97 Å². The summed E-state index contributed by atoms with van der Waals surface area (Å²) >= 11 is 0. The molecule has 2 N–H and O–H groups in total. The summed E-state index contributed by atoms with van der Waals surface area (Å²) in [4.78, 5) is 26.2. The molecular formula is C11H20N2O4. The van der Waals surface area contributed by atoms with Gasteiger partial charge in [-0.3, -0.25) is 19.6 Å². The maximum atomic E-state index is 9.37. The highest BCUT2D eigenvalue weighted by Gasteiger charge is 1.81. The van der Waals surface area contributed by atoms with E-state index in [1.807, 2.05) is 0 Å². The van der Waals surface area contributed by atoms with Crippen LogP contribution in [0.3, 0.4) is 0 Å². The number of hydrogen-bond acceptors (Lipinski definition) is 4. The lowest BCUT2D eigenvalue weighted by Gasteiger charge is -1.71. The summed E-state index contributed by atoms with van der Waals surface area (Å²) < 4.78 is 0. The number of carbonyl (C=O) groups is 2. The zero-order valence-corrected chi connectivity index (χ0v) is 9.33. The number of carboxylic acids is 2. The number of nitrogens with zero attached hydrogens (tertiary/aromatic N) is 2. The van der Waals surface area contributed by atoms with Crippen LogP contribution in [0.2, 0.25) is 0 Å². The van der Waals surface area contributed by atoms with Crippen LogP contribution in [0.1, 0.15) is 34.1 Å². The van der Waals surface area contributed by atoms with E-state index >= 15 is 0 Å². The fourth-order valence-electron chi connectivity index (χ4n) is 0.253. The third kappa shape index (κ3) is 31.5. The van der Waals surface area contributed by atoms with Crippen molar-refractivity contribution in [1.29, 1.82) is 0 Å². The third-order valence-corrected chi connectivity index (χ3v) is 1.08. The molecule has 0 spiro atoms. The summed E-state index contributed by atoms with van der Waals surface area (Å²) in [5.74, 6) is -1.49. The second kappa shape index (κ2) is 16.4. The zero-order valence-electron chi connectivity index (χ0n) is 9.33. The van der Waals surface area contributed by atoms with Gasteiger partial charge in [-0.05, 0) is 0 Å². The molecule has 1 heterocycles. The maximum Gasteiger partial charge on any atom is 0.303 e. The second-order valence-corrected chi connectivity index (χ2v) is 2.39. The Bertz CT molecular complexity index is 237. The number of aromatic nitrogens is 2. The normalized spacial score (nSPS) is 7.18. The van der Waals surface area contributed by atoms with E-state index in [4.69, 9.17) is 10.2 Å². The van der Waals surface area contributed by atoms with Crippen molar-refractivity contribution in [3.8, 4) is 0 Å². The first kappa shape index (κ1) is 20.4. The highest BCUT2D eigenvalue weighted by molar-refractivity contribution is 5.66. The molecule has 0 aliphatic carbocycles. The monoisotopic (exact) mass is 244 g/mol. The van der Waals surface area contributed by atoms with Gasteiger partial charge in [0.2, 0.25) is 0 Å². The first-order chi connectivity index (χ1) is 7.54. The Labute approximate surface area is 101 Å². The Morgan fingerprint density at radius 1 is 0.882 bits per heavy atom. The highest BCUT2D eigenvalue weighted by atomic mass is 16.4. The molecule has 1 aromatic heterocycles. The SMILES string of the molecule is C.CCC(=O)O.CCC(=O)O.c1cnccn1. The molecule has 1 rings (SSSR count). The molecule has 0 aromatic carbocycles. The number of carboxylic acid groups (broad SMARTS) is 2. The van der Waals surface area contributed by atoms with Gasteiger partial charge in [0.1, 0.15) is 0 Å². The van der Waals surface area contributed by atoms with Crippen molar-refractivity contribution < 1.29 is 19.8 Å². The molecule has 98 valence electrons. The Balaban J connectivity index is -0.000000170. The standard InChI is InChI=1S/C4H4N2.2C3H6O2.CH4/c1-2-6-4-3-5-1;2*1-2-3(4)5;/h1-4H;2*2H2,1H3,(H,4,5);1H4. The van der Waals surface area contributed by atoms with Crippen LogP contribution in [0.4, 0.5) is 0 Å². The molecule has 0 aliphatic rings. The van der Waals surface area contributed by atoms with E-state index in [0.29, 0.717) is 0 Å². The van der Waals surface area contributed by atoms with E-state index in [0.717, 1.165) is 0 Å². The quantitative estimate of drug-likeness (QED) is 0.826. The Morgan fingerprint density at radius 2 is 1.06 bits per heavy atom. The van der Waals surface area contributed by atoms with Gasteiger partial charge < -0.3 is 10.2 Å². The van der Waals surface area contributed by atoms with Crippen LogP contribution in [0.25, 0.3) is 0 Å². The van der Waals surface area contributed by atoms with Gasteiger partial charge in [0.25, 0.3) is 0 Å². The smallest absolute Gasteiger partial charge is 0.303 e. The van der Waals surface area contributed by atoms with Crippen LogP contribution in [0.5, 0.6) is 0 Å². The predicted molar refractivity (Wildman–Crippen MR) is 64.6 cm³/mol. The van der Waals surface area contributed by atoms with Crippen LogP contribution < -0.4 is 0 Å². The number of aliphatic carboxylic acids is 2. The molecule has 0 fully saturated rings. The lowest BCUT2D eigenvalue weighted by atomic mass is 10.5. The lowest BCUT2D eigenvalue weighted by molar-refractivity contribution is -0.137. The minimum absolute atomic E-state index is 0. The molecule has 0 atom stereocenters. The molecule has 0 aliphatic heterocycles. The zero-order chi connectivity index (χ0) is 12.8. The topological polar surface area (TPSA) is 100 Å². The lowest BCUT2D eigenvalue weighted by Crippen LogP contribution is -1.86. The van der Waals surface area contributed by atoms with E-state index in [-0.39, 0.29) is 20.3 Å². The summed E-state index contributed by atoms with van der Waals surface area (Å²) in [5, 5.41) is 15.4. The van der Waals surface area contributed by atoms with Crippen LogP contribution in [-0.2, 0) is 9.59 Å². The molecule has 0 amide bonds. The molecule has 0 bridgehead atoms. The average Bonchev–Trinajstić information content (AvgIpc) is 2.32. The van der Waals surface area contributed by atoms with Crippen LogP contribution in [0, 0.1) is 0 Å². The molecule has 6 nitrogen and oxygen atoms in total. The number of rotatable bonds is 2. The van der Waals surface area contributed by atoms with Crippen molar-refractivity contribution in [2.45, 2.75) is 34.1 Å². The molecule has 17 heavy (non-hydrogen) atoms. The Hall–Kier alpha value is -1.98. The molecule has 0 radical (unpaired) electrons. The van der Waals surface area contributed by atoms with E-state index in [9.17, 15) is 9.59 Å². The minimum Gasteiger partial charge on any atom is -0.481 e. The van der Waals surface area contributed by atoms with E-state index < -0.39 is 11.9 Å². The van der Waals surface area contributed by atoms with Gasteiger partial charge in [-0.2, -0.15) is 0 Å². The summed E-state index contributed by atoms with van der Waals surface area (Å²) in [6.07, 6.45) is 7.00. The average molecular weight is 244 g/mol. The largest absolute Gasteiger partial charge is 0.481 e. The molecule has 0 unspecified atom stereocenters. The first-order valence-electron chi connectivity index (χ1n) is 4.68. The fraction of sp³-hybridized carbons (Fsp3) is 0.455. The van der Waals surface area contributed by atoms with Crippen molar-refractivity contribution in [3.63, 3.8) is 0 Å². The van der Waals surface area contributed by atoms with E-state index in [1.54, 1.807) is 38.6 Å². The van der Waals surface area contributed by atoms with Gasteiger partial charge in [-0.25, -0.2) is 0 Å². The van der Waals surface area contributed by atoms with Crippen LogP contribution in [0.15, 0.2) is 24.8 Å². The van der Waals surface area contributed by atoms with Gasteiger partial charge in [-0.1, -0.05) is 21.3 Å². The summed E-state index contributed by atoms with van der Waals surface area (Å²) in [6, 6.07) is 0. The molecule has 0 saturated heterocycles. The van der Waals surface area contributed by atoms with Gasteiger partial charge >= 0.3 is 11.9 Å². The van der Waals surface area contributed by atoms with Crippen molar-refractivity contribution in [2.24, 2.45) is 0 Å². The summed E-state index contributed by atoms with van der Waals surface area (Å²) in [5.41, 5.74) is 0. The fourth-order valence-corrected chi connectivity index (χ4v) is 0.253. The van der Waals surface area contributed by atoms with Crippen molar-refractivity contribution in [2.75, 3.05) is 0 Å². The Kier molecular flexibility index (Phi) is 19.8. The predicted octanol–water partition coefficient (Wildman–Crippen LogP) is 2.07. The summed E-state index contributed by atoms with van der Waals surface area (Å²) in [6.45, 7) is 3.20. The molecule has 1 aromatic rings. The van der Waals surface area contributed by atoms with Crippen molar-refractivity contribution in [3.05, 3.63) is 24.8 Å². The van der Waals surface area contributed by atoms with E-state index in [1.165, 1.54) is 0 Å². The van der Waals surface area contributed by atoms with Crippen LogP contribution in [-0.4, -0.2) is 32.1 Å². The van der Waals surface area contributed by atoms with Crippen LogP contribution >= 0.6 is 0 Å². The van der Waals surface area contributed by atoms with Gasteiger partial charge in [0.05, 0.1) is 0 Å². The van der Waals surface area contributed by atoms with Gasteiger partial charge in [0.15, 0.2) is 0 Å².